The molecule has 0 radical (unpaired) electrons. The molecule has 0 heterocycles. The fourth-order valence-corrected chi connectivity index (χ4v) is 4.00. The third-order valence-corrected chi connectivity index (χ3v) is 5.67. The number of benzene rings is 2. The smallest absolute Gasteiger partial charge is 0.261 e. The second-order valence-electron chi connectivity index (χ2n) is 6.16. The first-order chi connectivity index (χ1) is 13.8. The highest BCUT2D eigenvalue weighted by Crippen LogP contribution is 2.28. The molecular formula is C20H20BrCl3N2O3. The molecule has 2 aromatic rings. The standard InChI is InChI=1S/C20H20BrCl3N2O3/c1-3-17(20(28)25-2)26(10-12-4-5-14(23)9-16(12)24)19(27)11-29-18-7-6-13(22)8-15(18)21/h4-9,17H,3,10-11H2,1-2H3,(H,25,28)/t17-/m1/s1. The molecule has 1 N–H and O–H groups in total. The van der Waals surface area contributed by atoms with Gasteiger partial charge in [-0.25, -0.2) is 0 Å². The van der Waals surface area contributed by atoms with Gasteiger partial charge in [0, 0.05) is 28.7 Å². The maximum atomic E-state index is 13.0. The zero-order valence-electron chi connectivity index (χ0n) is 15.8. The third kappa shape index (κ3) is 6.51. The lowest BCUT2D eigenvalue weighted by molar-refractivity contribution is -0.142. The molecule has 0 fully saturated rings. The Bertz CT molecular complexity index is 895. The Kier molecular flexibility index (Phi) is 9.08. The SMILES string of the molecule is CC[C@H](C(=O)NC)N(Cc1ccc(Cl)cc1Cl)C(=O)COc1ccc(Cl)cc1Br. The molecule has 2 amide bonds. The molecule has 0 aliphatic carbocycles. The molecule has 29 heavy (non-hydrogen) atoms. The van der Waals surface area contributed by atoms with Crippen LogP contribution in [0.1, 0.15) is 18.9 Å². The number of hydrogen-bond acceptors (Lipinski definition) is 3. The quantitative estimate of drug-likeness (QED) is 0.509. The molecule has 0 unspecified atom stereocenters. The van der Waals surface area contributed by atoms with Crippen molar-refractivity contribution in [3.05, 3.63) is 61.5 Å². The van der Waals surface area contributed by atoms with Gasteiger partial charge in [0.2, 0.25) is 5.91 Å². The molecule has 9 heteroatoms. The molecule has 0 saturated heterocycles. The van der Waals surface area contributed by atoms with Crippen LogP contribution >= 0.6 is 50.7 Å². The van der Waals surface area contributed by atoms with Gasteiger partial charge in [0.1, 0.15) is 11.8 Å². The molecule has 0 bridgehead atoms. The molecule has 0 spiro atoms. The first-order valence-electron chi connectivity index (χ1n) is 8.79. The summed E-state index contributed by atoms with van der Waals surface area (Å²) < 4.78 is 6.28. The summed E-state index contributed by atoms with van der Waals surface area (Å²) in [6.45, 7) is 1.73. The number of likely N-dealkylation sites (N-methyl/N-ethyl adjacent to an activating group) is 1. The van der Waals surface area contributed by atoms with Gasteiger partial charge in [-0.05, 0) is 58.2 Å². The van der Waals surface area contributed by atoms with E-state index in [2.05, 4.69) is 21.2 Å². The van der Waals surface area contributed by atoms with Gasteiger partial charge >= 0.3 is 0 Å². The lowest BCUT2D eigenvalue weighted by Gasteiger charge is -2.30. The summed E-state index contributed by atoms with van der Waals surface area (Å²) >= 11 is 21.5. The van der Waals surface area contributed by atoms with Gasteiger partial charge in [-0.1, -0.05) is 47.8 Å². The lowest BCUT2D eigenvalue weighted by Crippen LogP contribution is -2.49. The highest BCUT2D eigenvalue weighted by molar-refractivity contribution is 9.10. The van der Waals surface area contributed by atoms with Gasteiger partial charge in [-0.3, -0.25) is 9.59 Å². The van der Waals surface area contributed by atoms with Crippen LogP contribution in [0.4, 0.5) is 0 Å². The lowest BCUT2D eigenvalue weighted by atomic mass is 10.1. The normalized spacial score (nSPS) is 11.7. The Morgan fingerprint density at radius 3 is 2.38 bits per heavy atom. The van der Waals surface area contributed by atoms with Gasteiger partial charge < -0.3 is 15.0 Å². The van der Waals surface area contributed by atoms with Crippen LogP contribution in [0.3, 0.4) is 0 Å². The monoisotopic (exact) mass is 520 g/mol. The van der Waals surface area contributed by atoms with Gasteiger partial charge in [-0.2, -0.15) is 0 Å². The van der Waals surface area contributed by atoms with Crippen LogP contribution in [0.25, 0.3) is 0 Å². The molecular weight excluding hydrogens is 502 g/mol. The molecule has 2 rings (SSSR count). The second-order valence-corrected chi connectivity index (χ2v) is 8.29. The van der Waals surface area contributed by atoms with Crippen LogP contribution in [0, 0.1) is 0 Å². The van der Waals surface area contributed by atoms with E-state index >= 15 is 0 Å². The zero-order valence-corrected chi connectivity index (χ0v) is 19.7. The Morgan fingerprint density at radius 2 is 1.79 bits per heavy atom. The van der Waals surface area contributed by atoms with Gasteiger partial charge in [0.15, 0.2) is 6.61 Å². The van der Waals surface area contributed by atoms with Crippen LogP contribution < -0.4 is 10.1 Å². The minimum atomic E-state index is -0.670. The van der Waals surface area contributed by atoms with E-state index in [4.69, 9.17) is 39.5 Å². The van der Waals surface area contributed by atoms with Gasteiger partial charge in [0.25, 0.3) is 5.91 Å². The Morgan fingerprint density at radius 1 is 1.14 bits per heavy atom. The number of rotatable bonds is 8. The first kappa shape index (κ1) is 23.8. The summed E-state index contributed by atoms with van der Waals surface area (Å²) in [5.74, 6) is -0.146. The maximum Gasteiger partial charge on any atom is 0.261 e. The Balaban J connectivity index is 2.25. The Labute approximate surface area is 193 Å². The van der Waals surface area contributed by atoms with Crippen LogP contribution in [0.5, 0.6) is 5.75 Å². The van der Waals surface area contributed by atoms with Crippen molar-refractivity contribution in [2.45, 2.75) is 25.9 Å². The van der Waals surface area contributed by atoms with Crippen LogP contribution in [-0.2, 0) is 16.1 Å². The van der Waals surface area contributed by atoms with Crippen LogP contribution in [0.15, 0.2) is 40.9 Å². The minimum absolute atomic E-state index is 0.145. The molecule has 5 nitrogen and oxygen atoms in total. The van der Waals surface area contributed by atoms with Crippen molar-refractivity contribution in [1.29, 1.82) is 0 Å². The van der Waals surface area contributed by atoms with E-state index in [0.29, 0.717) is 37.3 Å². The number of amides is 2. The van der Waals surface area contributed by atoms with E-state index in [-0.39, 0.29) is 25.0 Å². The third-order valence-electron chi connectivity index (χ3n) is 4.23. The average Bonchev–Trinajstić information content (AvgIpc) is 2.68. The molecule has 0 aliphatic heterocycles. The van der Waals surface area contributed by atoms with Crippen LogP contribution in [0.2, 0.25) is 15.1 Å². The number of hydrogen-bond donors (Lipinski definition) is 1. The molecule has 2 aromatic carbocycles. The van der Waals surface area contributed by atoms with Crippen molar-refractivity contribution >= 4 is 62.5 Å². The number of carbonyl (C=O) groups is 2. The van der Waals surface area contributed by atoms with E-state index in [1.54, 1.807) is 36.4 Å². The van der Waals surface area contributed by atoms with E-state index < -0.39 is 6.04 Å². The number of carbonyl (C=O) groups excluding carboxylic acids is 2. The summed E-state index contributed by atoms with van der Waals surface area (Å²) in [5.41, 5.74) is 0.680. The predicted octanol–water partition coefficient (Wildman–Crippen LogP) is 5.34. The summed E-state index contributed by atoms with van der Waals surface area (Å²) in [6.07, 6.45) is 0.432. The van der Waals surface area contributed by atoms with Gasteiger partial charge in [-0.15, -0.1) is 0 Å². The predicted molar refractivity (Wildman–Crippen MR) is 120 cm³/mol. The number of nitrogens with zero attached hydrogens (tertiary/aromatic N) is 1. The average molecular weight is 523 g/mol. The van der Waals surface area contributed by atoms with Crippen LogP contribution in [-0.4, -0.2) is 36.4 Å². The van der Waals surface area contributed by atoms with E-state index in [9.17, 15) is 9.59 Å². The molecule has 1 atom stereocenters. The van der Waals surface area contributed by atoms with E-state index in [1.807, 2.05) is 6.92 Å². The minimum Gasteiger partial charge on any atom is -0.483 e. The summed E-state index contributed by atoms with van der Waals surface area (Å²) in [6, 6.07) is 9.35. The zero-order chi connectivity index (χ0) is 21.6. The van der Waals surface area contributed by atoms with Crippen molar-refractivity contribution < 1.29 is 14.3 Å². The van der Waals surface area contributed by atoms with E-state index in [1.165, 1.54) is 11.9 Å². The molecule has 0 aromatic heterocycles. The van der Waals surface area contributed by atoms with Crippen molar-refractivity contribution in [3.8, 4) is 5.75 Å². The fourth-order valence-electron chi connectivity index (χ4n) is 2.73. The summed E-state index contributed by atoms with van der Waals surface area (Å²) in [5, 5.41) is 4.05. The molecule has 0 aliphatic rings. The topological polar surface area (TPSA) is 58.6 Å². The summed E-state index contributed by atoms with van der Waals surface area (Å²) in [7, 11) is 1.53. The number of nitrogens with one attached hydrogen (secondary N) is 1. The first-order valence-corrected chi connectivity index (χ1v) is 10.7. The second kappa shape index (κ2) is 11.1. The largest absolute Gasteiger partial charge is 0.483 e. The molecule has 0 saturated carbocycles. The maximum absolute atomic E-state index is 13.0. The van der Waals surface area contributed by atoms with Gasteiger partial charge in [0.05, 0.1) is 4.47 Å². The van der Waals surface area contributed by atoms with Crippen molar-refractivity contribution in [2.75, 3.05) is 13.7 Å². The number of ether oxygens (including phenoxy) is 1. The van der Waals surface area contributed by atoms with Crippen molar-refractivity contribution in [3.63, 3.8) is 0 Å². The Hall–Kier alpha value is -1.47. The number of halogens is 4. The van der Waals surface area contributed by atoms with E-state index in [0.717, 1.165) is 0 Å². The van der Waals surface area contributed by atoms with Crippen molar-refractivity contribution in [2.24, 2.45) is 0 Å². The highest BCUT2D eigenvalue weighted by atomic mass is 79.9. The highest BCUT2D eigenvalue weighted by Gasteiger charge is 2.29. The summed E-state index contributed by atoms with van der Waals surface area (Å²) in [4.78, 5) is 26.8. The fraction of sp³-hybridized carbons (Fsp3) is 0.300. The molecule has 156 valence electrons. The van der Waals surface area contributed by atoms with Crippen molar-refractivity contribution in [1.82, 2.24) is 10.2 Å².